The highest BCUT2D eigenvalue weighted by Gasteiger charge is 2.31. The van der Waals surface area contributed by atoms with E-state index in [-0.39, 0.29) is 28.4 Å². The van der Waals surface area contributed by atoms with Gasteiger partial charge in [0.25, 0.3) is 5.91 Å². The van der Waals surface area contributed by atoms with Gasteiger partial charge in [0.15, 0.2) is 0 Å². The lowest BCUT2D eigenvalue weighted by Gasteiger charge is -2.22. The Morgan fingerprint density at radius 3 is 2.71 bits per heavy atom. The van der Waals surface area contributed by atoms with Crippen molar-refractivity contribution in [3.8, 4) is 5.75 Å². The smallest absolute Gasteiger partial charge is 0.407 e. The molecule has 1 atom stereocenters. The zero-order chi connectivity index (χ0) is 18.1. The molecule has 1 saturated heterocycles. The molecule has 1 aromatic carbocycles. The van der Waals surface area contributed by atoms with Crippen LogP contribution in [0.25, 0.3) is 0 Å². The zero-order valence-corrected chi connectivity index (χ0v) is 15.3. The summed E-state index contributed by atoms with van der Waals surface area (Å²) in [5, 5.41) is 12.6. The Hall–Kier alpha value is -1.83. The van der Waals surface area contributed by atoms with E-state index in [1.54, 1.807) is 20.8 Å². The van der Waals surface area contributed by atoms with E-state index in [2.05, 4.69) is 21.2 Å². The number of carbonyl (C=O) groups excluding carboxylic acids is 2. The van der Waals surface area contributed by atoms with Crippen molar-refractivity contribution < 1.29 is 23.8 Å². The van der Waals surface area contributed by atoms with Gasteiger partial charge >= 0.3 is 6.09 Å². The quantitative estimate of drug-likeness (QED) is 0.796. The molecule has 1 unspecified atom stereocenters. The molecule has 1 fully saturated rings. The van der Waals surface area contributed by atoms with E-state index >= 15 is 0 Å². The molecular formula is C16H20BrFN2O4. The van der Waals surface area contributed by atoms with E-state index in [0.29, 0.717) is 13.0 Å². The van der Waals surface area contributed by atoms with Crippen LogP contribution in [0.1, 0.15) is 37.6 Å². The highest BCUT2D eigenvalue weighted by Crippen LogP contribution is 2.30. The summed E-state index contributed by atoms with van der Waals surface area (Å²) in [5.41, 5.74) is -0.711. The number of amides is 2. The van der Waals surface area contributed by atoms with Gasteiger partial charge in [0.2, 0.25) is 0 Å². The van der Waals surface area contributed by atoms with E-state index in [1.165, 1.54) is 4.90 Å². The summed E-state index contributed by atoms with van der Waals surface area (Å²) < 4.78 is 18.8. The lowest BCUT2D eigenvalue weighted by atomic mass is 10.1. The molecule has 6 nitrogen and oxygen atoms in total. The molecule has 0 radical (unpaired) electrons. The molecule has 1 aliphatic rings. The van der Waals surface area contributed by atoms with E-state index < -0.39 is 23.4 Å². The predicted octanol–water partition coefficient (Wildman–Crippen LogP) is 3.03. The van der Waals surface area contributed by atoms with Gasteiger partial charge in [-0.3, -0.25) is 4.79 Å². The molecule has 2 rings (SSSR count). The maximum Gasteiger partial charge on any atom is 0.407 e. The summed E-state index contributed by atoms with van der Waals surface area (Å²) in [4.78, 5) is 25.7. The van der Waals surface area contributed by atoms with Gasteiger partial charge in [-0.15, -0.1) is 0 Å². The number of alkyl carbamates (subject to hydrolysis) is 1. The number of likely N-dealkylation sites (tertiary alicyclic amines) is 1. The Labute approximate surface area is 148 Å². The third-order valence-corrected chi connectivity index (χ3v) is 4.06. The average Bonchev–Trinajstić information content (AvgIpc) is 2.88. The Morgan fingerprint density at radius 2 is 2.08 bits per heavy atom. The minimum atomic E-state index is -0.620. The van der Waals surface area contributed by atoms with Gasteiger partial charge in [-0.2, -0.15) is 0 Å². The molecule has 0 spiro atoms. The number of nitrogens with zero attached hydrogens (tertiary/aromatic N) is 1. The maximum atomic E-state index is 13.5. The molecule has 0 aromatic heterocycles. The Balaban J connectivity index is 2.01. The van der Waals surface area contributed by atoms with Crippen molar-refractivity contribution in [2.75, 3.05) is 13.1 Å². The number of halogens is 2. The fourth-order valence-electron chi connectivity index (χ4n) is 2.44. The normalized spacial score (nSPS) is 17.7. The molecule has 2 N–H and O–H groups in total. The van der Waals surface area contributed by atoms with Crippen LogP contribution in [0.4, 0.5) is 9.18 Å². The van der Waals surface area contributed by atoms with E-state index in [4.69, 9.17) is 4.74 Å². The van der Waals surface area contributed by atoms with E-state index in [1.807, 2.05) is 0 Å². The Bertz CT molecular complexity index is 660. The number of nitrogens with one attached hydrogen (secondary N) is 1. The minimum Gasteiger partial charge on any atom is -0.506 e. The van der Waals surface area contributed by atoms with Crippen LogP contribution in [0.15, 0.2) is 16.6 Å². The third-order valence-electron chi connectivity index (χ3n) is 3.45. The molecule has 1 aliphatic heterocycles. The number of phenols is 1. The van der Waals surface area contributed by atoms with Crippen LogP contribution in [0.5, 0.6) is 5.75 Å². The van der Waals surface area contributed by atoms with Crippen molar-refractivity contribution in [2.24, 2.45) is 0 Å². The van der Waals surface area contributed by atoms with Crippen LogP contribution < -0.4 is 5.32 Å². The van der Waals surface area contributed by atoms with Crippen LogP contribution in [0.2, 0.25) is 0 Å². The first-order chi connectivity index (χ1) is 11.1. The van der Waals surface area contributed by atoms with Gasteiger partial charge in [-0.25, -0.2) is 9.18 Å². The zero-order valence-electron chi connectivity index (χ0n) is 13.7. The topological polar surface area (TPSA) is 78.9 Å². The van der Waals surface area contributed by atoms with Gasteiger partial charge in [0.05, 0.1) is 16.1 Å². The molecule has 2 amide bonds. The standard InChI is InChI=1S/C16H20BrFN2O4/c1-16(2,3)24-15(23)19-10-4-5-20(8-10)14(22)11-6-9(18)7-12(17)13(11)21/h6-7,10,21H,4-5,8H2,1-3H3,(H,19,23). The largest absolute Gasteiger partial charge is 0.506 e. The molecular weight excluding hydrogens is 383 g/mol. The monoisotopic (exact) mass is 402 g/mol. The first-order valence-corrected chi connectivity index (χ1v) is 8.33. The lowest BCUT2D eigenvalue weighted by molar-refractivity contribution is 0.0502. The molecule has 0 aliphatic carbocycles. The summed E-state index contributed by atoms with van der Waals surface area (Å²) in [6.07, 6.45) is 0.0144. The molecule has 1 aromatic rings. The maximum absolute atomic E-state index is 13.5. The number of rotatable bonds is 2. The fraction of sp³-hybridized carbons (Fsp3) is 0.500. The summed E-state index contributed by atoms with van der Waals surface area (Å²) in [6.45, 7) is 5.96. The first-order valence-electron chi connectivity index (χ1n) is 7.53. The number of hydrogen-bond donors (Lipinski definition) is 2. The number of carbonyl (C=O) groups is 2. The van der Waals surface area contributed by atoms with Crippen LogP contribution >= 0.6 is 15.9 Å². The number of benzene rings is 1. The van der Waals surface area contributed by atoms with Crippen molar-refractivity contribution in [1.82, 2.24) is 10.2 Å². The minimum absolute atomic E-state index is 0.111. The van der Waals surface area contributed by atoms with Gasteiger partial charge in [-0.05, 0) is 55.3 Å². The second-order valence-electron chi connectivity index (χ2n) is 6.67. The Morgan fingerprint density at radius 1 is 1.42 bits per heavy atom. The third kappa shape index (κ3) is 4.59. The molecule has 0 bridgehead atoms. The van der Waals surface area contributed by atoms with Crippen LogP contribution in [0, 0.1) is 5.82 Å². The Kier molecular flexibility index (Phi) is 5.37. The molecule has 24 heavy (non-hydrogen) atoms. The highest BCUT2D eigenvalue weighted by atomic mass is 79.9. The fourth-order valence-corrected chi connectivity index (χ4v) is 2.87. The second kappa shape index (κ2) is 6.96. The van der Waals surface area contributed by atoms with Crippen LogP contribution in [0.3, 0.4) is 0 Å². The van der Waals surface area contributed by atoms with Gasteiger partial charge in [-0.1, -0.05) is 0 Å². The SMILES string of the molecule is CC(C)(C)OC(=O)NC1CCN(C(=O)c2cc(F)cc(Br)c2O)C1. The molecule has 1 heterocycles. The summed E-state index contributed by atoms with van der Waals surface area (Å²) in [6, 6.07) is 1.84. The summed E-state index contributed by atoms with van der Waals surface area (Å²) in [5.74, 6) is -1.41. The van der Waals surface area contributed by atoms with Crippen molar-refractivity contribution in [3.05, 3.63) is 28.0 Å². The number of hydrogen-bond acceptors (Lipinski definition) is 4. The van der Waals surface area contributed by atoms with Crippen molar-refractivity contribution in [1.29, 1.82) is 0 Å². The van der Waals surface area contributed by atoms with Gasteiger partial charge in [0, 0.05) is 13.1 Å². The second-order valence-corrected chi connectivity index (χ2v) is 7.52. The summed E-state index contributed by atoms with van der Waals surface area (Å²) >= 11 is 3.01. The summed E-state index contributed by atoms with van der Waals surface area (Å²) in [7, 11) is 0. The molecule has 0 saturated carbocycles. The van der Waals surface area contributed by atoms with E-state index in [0.717, 1.165) is 12.1 Å². The number of phenolic OH excluding ortho intramolecular Hbond substituents is 1. The predicted molar refractivity (Wildman–Crippen MR) is 89.4 cm³/mol. The van der Waals surface area contributed by atoms with Crippen molar-refractivity contribution in [2.45, 2.75) is 38.8 Å². The van der Waals surface area contributed by atoms with Crippen molar-refractivity contribution >= 4 is 27.9 Å². The molecule has 132 valence electrons. The molecule has 8 heteroatoms. The van der Waals surface area contributed by atoms with Crippen LogP contribution in [-0.2, 0) is 4.74 Å². The van der Waals surface area contributed by atoms with Gasteiger partial charge < -0.3 is 20.1 Å². The lowest BCUT2D eigenvalue weighted by Crippen LogP contribution is -2.41. The van der Waals surface area contributed by atoms with Gasteiger partial charge in [0.1, 0.15) is 17.2 Å². The average molecular weight is 403 g/mol. The highest BCUT2D eigenvalue weighted by molar-refractivity contribution is 9.10. The van der Waals surface area contributed by atoms with Crippen LogP contribution in [-0.4, -0.2) is 46.7 Å². The first kappa shape index (κ1) is 18.5. The van der Waals surface area contributed by atoms with E-state index in [9.17, 15) is 19.1 Å². The number of aromatic hydroxyl groups is 1. The number of ether oxygens (including phenoxy) is 1. The van der Waals surface area contributed by atoms with Crippen molar-refractivity contribution in [3.63, 3.8) is 0 Å².